The number of carbonyl (C=O) groups excluding carboxylic acids is 2. The first-order chi connectivity index (χ1) is 14.3. The molecule has 1 aliphatic rings. The van der Waals surface area contributed by atoms with Crippen LogP contribution in [-0.2, 0) is 11.2 Å². The Morgan fingerprint density at radius 3 is 2.60 bits per heavy atom. The number of carbonyl (C=O) groups is 2. The van der Waals surface area contributed by atoms with Gasteiger partial charge in [0, 0.05) is 23.5 Å². The van der Waals surface area contributed by atoms with E-state index in [1.54, 1.807) is 16.2 Å². The van der Waals surface area contributed by atoms with E-state index in [0.29, 0.717) is 13.1 Å². The molecule has 2 aromatic rings. The van der Waals surface area contributed by atoms with Gasteiger partial charge in [-0.1, -0.05) is 43.7 Å². The lowest BCUT2D eigenvalue weighted by atomic mass is 9.93. The van der Waals surface area contributed by atoms with Crippen molar-refractivity contribution in [3.05, 3.63) is 57.8 Å². The minimum atomic E-state index is -0.339. The van der Waals surface area contributed by atoms with Crippen molar-refractivity contribution in [2.75, 3.05) is 19.6 Å². The van der Waals surface area contributed by atoms with Crippen LogP contribution in [-0.4, -0.2) is 46.9 Å². The molecule has 0 saturated carbocycles. The summed E-state index contributed by atoms with van der Waals surface area (Å²) >= 11 is 1.76. The fourth-order valence-corrected chi connectivity index (χ4v) is 4.74. The topological polar surface area (TPSA) is 52.7 Å². The second kappa shape index (κ2) is 9.65. The Bertz CT molecular complexity index is 857. The predicted octanol–water partition coefficient (Wildman–Crippen LogP) is 4.83. The molecular weight excluding hydrogens is 394 g/mol. The summed E-state index contributed by atoms with van der Waals surface area (Å²) in [7, 11) is 0. The van der Waals surface area contributed by atoms with Crippen molar-refractivity contribution in [1.29, 1.82) is 0 Å². The molecule has 1 aromatic heterocycles. The number of rotatable bonds is 6. The number of nitrogens with one attached hydrogen (secondary N) is 1. The van der Waals surface area contributed by atoms with Crippen molar-refractivity contribution in [2.24, 2.45) is 0 Å². The molecule has 6 heteroatoms. The standard InChI is InChI=1S/C24H33N3O2S/c1-5-6-14-26(23(29)25-24(2,3)4)17-21(28)27-15-12-20-19(13-16-30-20)22(27)18-10-8-7-9-11-18/h7-11,13,16,22H,5-6,12,14-15,17H2,1-4H3,(H,25,29)/t22-/m1/s1. The Hall–Kier alpha value is -2.34. The smallest absolute Gasteiger partial charge is 0.318 e. The van der Waals surface area contributed by atoms with Gasteiger partial charge in [-0.2, -0.15) is 0 Å². The maximum absolute atomic E-state index is 13.5. The Balaban J connectivity index is 1.83. The van der Waals surface area contributed by atoms with Crippen molar-refractivity contribution >= 4 is 23.3 Å². The van der Waals surface area contributed by atoms with Gasteiger partial charge in [-0.25, -0.2) is 4.79 Å². The lowest BCUT2D eigenvalue weighted by Crippen LogP contribution is -2.52. The summed E-state index contributed by atoms with van der Waals surface area (Å²) < 4.78 is 0. The number of fused-ring (bicyclic) bond motifs is 1. The lowest BCUT2D eigenvalue weighted by molar-refractivity contribution is -0.134. The van der Waals surface area contributed by atoms with E-state index in [4.69, 9.17) is 0 Å². The molecule has 0 unspecified atom stereocenters. The normalized spacial score (nSPS) is 16.1. The molecule has 5 nitrogen and oxygen atoms in total. The van der Waals surface area contributed by atoms with E-state index in [-0.39, 0.29) is 30.1 Å². The highest BCUT2D eigenvalue weighted by Crippen LogP contribution is 2.37. The van der Waals surface area contributed by atoms with Crippen LogP contribution in [0.1, 0.15) is 62.6 Å². The SMILES string of the molecule is CCCCN(CC(=O)N1CCc2sccc2[C@H]1c1ccccc1)C(=O)NC(C)(C)C. The largest absolute Gasteiger partial charge is 0.333 e. The first-order valence-corrected chi connectivity index (χ1v) is 11.7. The zero-order valence-electron chi connectivity index (χ0n) is 18.5. The van der Waals surface area contributed by atoms with E-state index in [0.717, 1.165) is 24.8 Å². The third-order valence-corrected chi connectivity index (χ3v) is 6.27. The van der Waals surface area contributed by atoms with Gasteiger partial charge in [0.05, 0.1) is 6.04 Å². The first kappa shape index (κ1) is 22.3. The molecule has 1 atom stereocenters. The van der Waals surface area contributed by atoms with E-state index >= 15 is 0 Å². The molecule has 0 aliphatic carbocycles. The fourth-order valence-electron chi connectivity index (χ4n) is 3.84. The molecule has 0 fully saturated rings. The van der Waals surface area contributed by atoms with Gasteiger partial charge in [0.25, 0.3) is 0 Å². The van der Waals surface area contributed by atoms with Crippen LogP contribution in [0.15, 0.2) is 41.8 Å². The molecule has 0 spiro atoms. The zero-order chi connectivity index (χ0) is 21.7. The van der Waals surface area contributed by atoms with E-state index in [9.17, 15) is 9.59 Å². The monoisotopic (exact) mass is 427 g/mol. The molecule has 0 radical (unpaired) electrons. The molecule has 1 N–H and O–H groups in total. The summed E-state index contributed by atoms with van der Waals surface area (Å²) in [6.45, 7) is 9.32. The first-order valence-electron chi connectivity index (χ1n) is 10.8. The summed E-state index contributed by atoms with van der Waals surface area (Å²) in [6.07, 6.45) is 2.72. The zero-order valence-corrected chi connectivity index (χ0v) is 19.3. The minimum Gasteiger partial charge on any atom is -0.333 e. The van der Waals surface area contributed by atoms with Crippen molar-refractivity contribution in [3.8, 4) is 0 Å². The van der Waals surface area contributed by atoms with Crippen LogP contribution >= 0.6 is 11.3 Å². The third kappa shape index (κ3) is 5.42. The number of benzene rings is 1. The maximum Gasteiger partial charge on any atom is 0.318 e. The summed E-state index contributed by atoms with van der Waals surface area (Å²) in [4.78, 5) is 31.3. The van der Waals surface area contributed by atoms with Crippen molar-refractivity contribution in [1.82, 2.24) is 15.1 Å². The van der Waals surface area contributed by atoms with E-state index in [2.05, 4.69) is 35.8 Å². The van der Waals surface area contributed by atoms with Gasteiger partial charge in [0.15, 0.2) is 0 Å². The number of urea groups is 1. The van der Waals surface area contributed by atoms with Crippen LogP contribution in [0.2, 0.25) is 0 Å². The molecule has 162 valence electrons. The summed E-state index contributed by atoms with van der Waals surface area (Å²) in [5.41, 5.74) is 1.99. The summed E-state index contributed by atoms with van der Waals surface area (Å²) in [5.74, 6) is 0.000801. The molecule has 1 aromatic carbocycles. The Kier molecular flexibility index (Phi) is 7.19. The number of amides is 3. The van der Waals surface area contributed by atoms with Crippen LogP contribution in [0.5, 0.6) is 0 Å². The minimum absolute atomic E-state index is 0.000801. The fraction of sp³-hybridized carbons (Fsp3) is 0.500. The van der Waals surface area contributed by atoms with Gasteiger partial charge in [-0.05, 0) is 56.2 Å². The second-order valence-electron chi connectivity index (χ2n) is 8.90. The average Bonchev–Trinajstić information content (AvgIpc) is 3.18. The Morgan fingerprint density at radius 2 is 1.93 bits per heavy atom. The maximum atomic E-state index is 13.5. The second-order valence-corrected chi connectivity index (χ2v) is 9.91. The number of nitrogens with zero attached hydrogens (tertiary/aromatic N) is 2. The van der Waals surface area contributed by atoms with Crippen molar-refractivity contribution < 1.29 is 9.59 Å². The molecule has 1 aliphatic heterocycles. The molecule has 0 bridgehead atoms. The number of thiophene rings is 1. The van der Waals surface area contributed by atoms with Crippen LogP contribution in [0.4, 0.5) is 4.79 Å². The van der Waals surface area contributed by atoms with Crippen molar-refractivity contribution in [2.45, 2.75) is 58.5 Å². The molecule has 3 amide bonds. The molecule has 2 heterocycles. The lowest BCUT2D eigenvalue weighted by Gasteiger charge is -2.38. The highest BCUT2D eigenvalue weighted by molar-refractivity contribution is 7.10. The number of hydrogen-bond acceptors (Lipinski definition) is 3. The van der Waals surface area contributed by atoms with Gasteiger partial charge in [0.1, 0.15) is 6.54 Å². The number of unbranched alkanes of at least 4 members (excludes halogenated alkanes) is 1. The van der Waals surface area contributed by atoms with Gasteiger partial charge in [-0.3, -0.25) is 4.79 Å². The van der Waals surface area contributed by atoms with Crippen molar-refractivity contribution in [3.63, 3.8) is 0 Å². The quantitative estimate of drug-likeness (QED) is 0.718. The van der Waals surface area contributed by atoms with Gasteiger partial charge < -0.3 is 15.1 Å². The van der Waals surface area contributed by atoms with Gasteiger partial charge >= 0.3 is 6.03 Å². The predicted molar refractivity (Wildman–Crippen MR) is 123 cm³/mol. The number of hydrogen-bond donors (Lipinski definition) is 1. The van der Waals surface area contributed by atoms with Gasteiger partial charge in [0.2, 0.25) is 5.91 Å². The summed E-state index contributed by atoms with van der Waals surface area (Å²) in [6, 6.07) is 12.1. The van der Waals surface area contributed by atoms with Gasteiger partial charge in [-0.15, -0.1) is 11.3 Å². The van der Waals surface area contributed by atoms with Crippen LogP contribution in [0.3, 0.4) is 0 Å². The summed E-state index contributed by atoms with van der Waals surface area (Å²) in [5, 5.41) is 5.12. The molecule has 0 saturated heterocycles. The van der Waals surface area contributed by atoms with Crippen LogP contribution < -0.4 is 5.32 Å². The van der Waals surface area contributed by atoms with Crippen LogP contribution in [0, 0.1) is 0 Å². The molecule has 3 rings (SSSR count). The molecule has 30 heavy (non-hydrogen) atoms. The van der Waals surface area contributed by atoms with E-state index in [1.807, 2.05) is 43.9 Å². The third-order valence-electron chi connectivity index (χ3n) is 5.28. The highest BCUT2D eigenvalue weighted by atomic mass is 32.1. The Morgan fingerprint density at radius 1 is 1.20 bits per heavy atom. The Labute approximate surface area is 184 Å². The average molecular weight is 428 g/mol. The highest BCUT2D eigenvalue weighted by Gasteiger charge is 2.34. The van der Waals surface area contributed by atoms with E-state index < -0.39 is 0 Å². The molecular formula is C24H33N3O2S. The van der Waals surface area contributed by atoms with Crippen LogP contribution in [0.25, 0.3) is 0 Å². The van der Waals surface area contributed by atoms with E-state index in [1.165, 1.54) is 10.4 Å².